The first-order valence-corrected chi connectivity index (χ1v) is 5.23. The topological polar surface area (TPSA) is 40.5 Å². The van der Waals surface area contributed by atoms with E-state index in [-0.39, 0.29) is 0 Å². The van der Waals surface area contributed by atoms with Gasteiger partial charge in [-0.3, -0.25) is 0 Å². The Labute approximate surface area is 84.0 Å². The second kappa shape index (κ2) is 3.46. The summed E-state index contributed by atoms with van der Waals surface area (Å²) in [7, 11) is 0. The fourth-order valence-electron chi connectivity index (χ4n) is 0.821. The first-order valence-electron chi connectivity index (χ1n) is 3.56. The average Bonchev–Trinajstić information content (AvgIpc) is 2.31. The summed E-state index contributed by atoms with van der Waals surface area (Å²) in [6, 6.07) is 1.86. The Morgan fingerprint density at radius 1 is 1.58 bits per heavy atom. The van der Waals surface area contributed by atoms with Crippen molar-refractivity contribution in [2.75, 3.05) is 0 Å². The molecule has 1 unspecified atom stereocenters. The highest BCUT2D eigenvalue weighted by Gasteiger charge is 2.28. The van der Waals surface area contributed by atoms with Gasteiger partial charge in [-0.2, -0.15) is 0 Å². The summed E-state index contributed by atoms with van der Waals surface area (Å²) in [6.45, 7) is 3.17. The van der Waals surface area contributed by atoms with Gasteiger partial charge in [0.25, 0.3) is 0 Å². The molecule has 1 atom stereocenters. The molecule has 0 saturated carbocycles. The molecule has 0 fully saturated rings. The second-order valence-corrected chi connectivity index (χ2v) is 4.99. The Bertz CT molecular complexity index is 264. The highest BCUT2D eigenvalue weighted by molar-refractivity contribution is 9.10. The molecule has 0 saturated heterocycles. The van der Waals surface area contributed by atoms with E-state index >= 15 is 0 Å². The molecule has 1 aromatic heterocycles. The zero-order valence-electron chi connectivity index (χ0n) is 6.91. The van der Waals surface area contributed by atoms with Crippen LogP contribution in [0.2, 0.25) is 0 Å². The van der Waals surface area contributed by atoms with Crippen molar-refractivity contribution in [2.45, 2.75) is 25.6 Å². The summed E-state index contributed by atoms with van der Waals surface area (Å²) < 4.78 is 0.849. The van der Waals surface area contributed by atoms with Crippen molar-refractivity contribution >= 4 is 27.3 Å². The molecule has 68 valence electrons. The molecule has 4 heteroatoms. The van der Waals surface area contributed by atoms with Crippen LogP contribution in [0, 0.1) is 0 Å². The molecular formula is C8H11BrO2S. The summed E-state index contributed by atoms with van der Waals surface area (Å²) in [5, 5.41) is 21.0. The van der Waals surface area contributed by atoms with Crippen molar-refractivity contribution in [1.29, 1.82) is 0 Å². The van der Waals surface area contributed by atoms with E-state index < -0.39 is 11.7 Å². The zero-order valence-corrected chi connectivity index (χ0v) is 9.32. The predicted molar refractivity (Wildman–Crippen MR) is 53.3 cm³/mol. The van der Waals surface area contributed by atoms with Gasteiger partial charge in [0.1, 0.15) is 6.10 Å². The molecule has 1 aromatic rings. The van der Waals surface area contributed by atoms with Crippen LogP contribution in [0.5, 0.6) is 0 Å². The monoisotopic (exact) mass is 250 g/mol. The molecule has 0 bridgehead atoms. The van der Waals surface area contributed by atoms with Crippen molar-refractivity contribution < 1.29 is 10.2 Å². The Morgan fingerprint density at radius 3 is 2.50 bits per heavy atom. The summed E-state index contributed by atoms with van der Waals surface area (Å²) in [4.78, 5) is 0.766. The van der Waals surface area contributed by atoms with Crippen LogP contribution in [0.4, 0.5) is 0 Å². The SMILES string of the molecule is CC(C)(O)C(O)c1sccc1Br. The lowest BCUT2D eigenvalue weighted by molar-refractivity contribution is -0.0481. The fraction of sp³-hybridized carbons (Fsp3) is 0.500. The molecule has 0 spiro atoms. The van der Waals surface area contributed by atoms with Crippen LogP contribution >= 0.6 is 27.3 Å². The van der Waals surface area contributed by atoms with E-state index in [0.717, 1.165) is 9.35 Å². The summed E-state index contributed by atoms with van der Waals surface area (Å²) in [6.07, 6.45) is -0.827. The summed E-state index contributed by atoms with van der Waals surface area (Å²) in [5.74, 6) is 0. The van der Waals surface area contributed by atoms with Crippen molar-refractivity contribution in [2.24, 2.45) is 0 Å². The normalized spacial score (nSPS) is 14.8. The van der Waals surface area contributed by atoms with Crippen LogP contribution in [0.25, 0.3) is 0 Å². The van der Waals surface area contributed by atoms with Crippen molar-refractivity contribution in [3.8, 4) is 0 Å². The molecule has 1 rings (SSSR count). The van der Waals surface area contributed by atoms with Gasteiger partial charge in [-0.25, -0.2) is 0 Å². The van der Waals surface area contributed by atoms with Gasteiger partial charge in [0, 0.05) is 4.47 Å². The number of halogens is 1. The number of hydrogen-bond acceptors (Lipinski definition) is 3. The van der Waals surface area contributed by atoms with Crippen LogP contribution in [0.1, 0.15) is 24.8 Å². The highest BCUT2D eigenvalue weighted by atomic mass is 79.9. The van der Waals surface area contributed by atoms with E-state index in [1.807, 2.05) is 11.4 Å². The third kappa shape index (κ3) is 2.07. The van der Waals surface area contributed by atoms with E-state index in [4.69, 9.17) is 0 Å². The lowest BCUT2D eigenvalue weighted by atomic mass is 10.0. The maximum absolute atomic E-state index is 9.66. The van der Waals surface area contributed by atoms with Crippen LogP contribution in [-0.4, -0.2) is 15.8 Å². The molecule has 12 heavy (non-hydrogen) atoms. The first-order chi connectivity index (χ1) is 5.43. The summed E-state index contributed by atoms with van der Waals surface area (Å²) >= 11 is 4.73. The molecule has 0 aliphatic heterocycles. The van der Waals surface area contributed by atoms with Gasteiger partial charge in [0.05, 0.1) is 10.5 Å². The Kier molecular flexibility index (Phi) is 2.93. The quantitative estimate of drug-likeness (QED) is 0.846. The molecule has 1 heterocycles. The van der Waals surface area contributed by atoms with Crippen molar-refractivity contribution in [1.82, 2.24) is 0 Å². The van der Waals surface area contributed by atoms with Crippen LogP contribution in [0.3, 0.4) is 0 Å². The van der Waals surface area contributed by atoms with E-state index in [1.165, 1.54) is 11.3 Å². The standard InChI is InChI=1S/C8H11BrO2S/c1-8(2,11)7(10)6-5(9)3-4-12-6/h3-4,7,10-11H,1-2H3. The van der Waals surface area contributed by atoms with Gasteiger partial charge in [-0.05, 0) is 41.2 Å². The van der Waals surface area contributed by atoms with Gasteiger partial charge < -0.3 is 10.2 Å². The van der Waals surface area contributed by atoms with Gasteiger partial charge in [-0.1, -0.05) is 0 Å². The Hall–Kier alpha value is 0.100. The second-order valence-electron chi connectivity index (χ2n) is 3.19. The maximum Gasteiger partial charge on any atom is 0.117 e. The molecule has 2 nitrogen and oxygen atoms in total. The molecule has 0 radical (unpaired) electrons. The molecule has 2 N–H and O–H groups in total. The average molecular weight is 251 g/mol. The number of hydrogen-bond donors (Lipinski definition) is 2. The number of aliphatic hydroxyl groups is 2. The molecule has 0 aromatic carbocycles. The number of thiophene rings is 1. The first kappa shape index (κ1) is 10.2. The molecule has 0 aliphatic carbocycles. The van der Waals surface area contributed by atoms with Crippen LogP contribution in [-0.2, 0) is 0 Å². The van der Waals surface area contributed by atoms with Crippen LogP contribution < -0.4 is 0 Å². The predicted octanol–water partition coefficient (Wildman–Crippen LogP) is 2.31. The minimum atomic E-state index is -1.09. The van der Waals surface area contributed by atoms with Gasteiger partial charge >= 0.3 is 0 Å². The highest BCUT2D eigenvalue weighted by Crippen LogP contribution is 2.34. The Morgan fingerprint density at radius 2 is 2.17 bits per heavy atom. The van der Waals surface area contributed by atoms with Crippen LogP contribution in [0.15, 0.2) is 15.9 Å². The van der Waals surface area contributed by atoms with Crippen molar-refractivity contribution in [3.63, 3.8) is 0 Å². The van der Waals surface area contributed by atoms with Gasteiger partial charge in [-0.15, -0.1) is 11.3 Å². The van der Waals surface area contributed by atoms with E-state index in [1.54, 1.807) is 13.8 Å². The third-order valence-electron chi connectivity index (χ3n) is 1.56. The number of rotatable bonds is 2. The maximum atomic E-state index is 9.66. The molecular weight excluding hydrogens is 240 g/mol. The van der Waals surface area contributed by atoms with Crippen molar-refractivity contribution in [3.05, 3.63) is 20.8 Å². The largest absolute Gasteiger partial charge is 0.387 e. The third-order valence-corrected chi connectivity index (χ3v) is 3.49. The van der Waals surface area contributed by atoms with Gasteiger partial charge in [0.2, 0.25) is 0 Å². The minimum absolute atomic E-state index is 0.766. The van der Waals surface area contributed by atoms with E-state index in [0.29, 0.717) is 0 Å². The lowest BCUT2D eigenvalue weighted by Crippen LogP contribution is -2.28. The molecule has 0 amide bonds. The zero-order chi connectivity index (χ0) is 9.35. The molecule has 0 aliphatic rings. The fourth-order valence-corrected chi connectivity index (χ4v) is 2.57. The lowest BCUT2D eigenvalue weighted by Gasteiger charge is -2.23. The van der Waals surface area contributed by atoms with E-state index in [9.17, 15) is 10.2 Å². The summed E-state index contributed by atoms with van der Waals surface area (Å²) in [5.41, 5.74) is -1.09. The van der Waals surface area contributed by atoms with Gasteiger partial charge in [0.15, 0.2) is 0 Å². The minimum Gasteiger partial charge on any atom is -0.387 e. The number of aliphatic hydroxyl groups excluding tert-OH is 1. The Balaban J connectivity index is 2.92. The smallest absolute Gasteiger partial charge is 0.117 e. The van der Waals surface area contributed by atoms with E-state index in [2.05, 4.69) is 15.9 Å².